The van der Waals surface area contributed by atoms with E-state index in [9.17, 15) is 9.59 Å². The van der Waals surface area contributed by atoms with Crippen molar-refractivity contribution in [2.75, 3.05) is 6.61 Å². The molecule has 0 aromatic rings. The summed E-state index contributed by atoms with van der Waals surface area (Å²) in [5.41, 5.74) is 0.263. The molecular weight excluding hydrogens is 218 g/mol. The van der Waals surface area contributed by atoms with Crippen molar-refractivity contribution < 1.29 is 14.3 Å². The van der Waals surface area contributed by atoms with Crippen molar-refractivity contribution in [1.29, 1.82) is 0 Å². The van der Waals surface area contributed by atoms with Crippen LogP contribution in [0.5, 0.6) is 0 Å². The fourth-order valence-electron chi connectivity index (χ4n) is 2.24. The van der Waals surface area contributed by atoms with Crippen LogP contribution in [0.3, 0.4) is 0 Å². The van der Waals surface area contributed by atoms with Crippen molar-refractivity contribution in [1.82, 2.24) is 5.32 Å². The molecule has 98 valence electrons. The number of rotatable bonds is 5. The minimum Gasteiger partial charge on any atom is -0.466 e. The third-order valence-electron chi connectivity index (χ3n) is 4.19. The minimum absolute atomic E-state index is 0.0679. The molecule has 0 aromatic carbocycles. The number of carbonyl (C=O) groups is 2. The second-order valence-corrected chi connectivity index (χ2v) is 5.75. The van der Waals surface area contributed by atoms with E-state index in [4.69, 9.17) is 4.74 Å². The fraction of sp³-hybridized carbons (Fsp3) is 0.846. The maximum absolute atomic E-state index is 11.7. The number of nitrogens with one attached hydrogen (secondary N) is 1. The molecule has 1 amide bonds. The number of esters is 1. The minimum atomic E-state index is -0.308. The van der Waals surface area contributed by atoms with E-state index in [2.05, 4.69) is 33.0 Å². The van der Waals surface area contributed by atoms with Crippen LogP contribution in [-0.2, 0) is 14.3 Å². The highest BCUT2D eigenvalue weighted by Gasteiger charge is 2.65. The summed E-state index contributed by atoms with van der Waals surface area (Å²) in [6.45, 7) is 10.7. The Morgan fingerprint density at radius 2 is 1.65 bits per heavy atom. The Hall–Kier alpha value is -1.06. The van der Waals surface area contributed by atoms with Crippen LogP contribution in [0.15, 0.2) is 0 Å². The molecule has 0 heterocycles. The van der Waals surface area contributed by atoms with Gasteiger partial charge in [-0.1, -0.05) is 27.7 Å². The summed E-state index contributed by atoms with van der Waals surface area (Å²) in [6.07, 6.45) is 0.370. The molecule has 4 nitrogen and oxygen atoms in total. The van der Waals surface area contributed by atoms with Crippen LogP contribution in [0.2, 0.25) is 0 Å². The number of ether oxygens (including phenoxy) is 1. The lowest BCUT2D eigenvalue weighted by Gasteiger charge is -2.06. The molecular formula is C13H23NO3. The maximum atomic E-state index is 11.7. The van der Waals surface area contributed by atoms with Crippen molar-refractivity contribution in [3.05, 3.63) is 0 Å². The quantitative estimate of drug-likeness (QED) is 0.748. The Morgan fingerprint density at radius 1 is 1.12 bits per heavy atom. The molecule has 1 rings (SSSR count). The van der Waals surface area contributed by atoms with Crippen molar-refractivity contribution in [3.63, 3.8) is 0 Å². The first-order valence-corrected chi connectivity index (χ1v) is 6.18. The molecule has 1 aliphatic rings. The van der Waals surface area contributed by atoms with E-state index in [1.165, 1.54) is 0 Å². The smallest absolute Gasteiger partial charge is 0.306 e. The molecule has 1 saturated carbocycles. The van der Waals surface area contributed by atoms with Crippen molar-refractivity contribution >= 4 is 11.9 Å². The van der Waals surface area contributed by atoms with Gasteiger partial charge in [-0.05, 0) is 17.8 Å². The van der Waals surface area contributed by atoms with Gasteiger partial charge in [0.2, 0.25) is 5.91 Å². The third-order valence-corrected chi connectivity index (χ3v) is 4.19. The maximum Gasteiger partial charge on any atom is 0.306 e. The molecule has 0 aliphatic heterocycles. The van der Waals surface area contributed by atoms with Crippen LogP contribution in [0.1, 0.15) is 47.5 Å². The van der Waals surface area contributed by atoms with Gasteiger partial charge in [0.25, 0.3) is 0 Å². The lowest BCUT2D eigenvalue weighted by Crippen LogP contribution is -2.30. The van der Waals surface area contributed by atoms with Gasteiger partial charge in [-0.15, -0.1) is 0 Å². The van der Waals surface area contributed by atoms with Gasteiger partial charge < -0.3 is 10.1 Å². The average molecular weight is 241 g/mol. The highest BCUT2D eigenvalue weighted by Crippen LogP contribution is 2.62. The molecule has 0 spiro atoms. The van der Waals surface area contributed by atoms with Crippen LogP contribution in [0.4, 0.5) is 0 Å². The Labute approximate surface area is 103 Å². The van der Waals surface area contributed by atoms with E-state index in [1.54, 1.807) is 6.92 Å². The number of hydrogen-bond acceptors (Lipinski definition) is 3. The van der Waals surface area contributed by atoms with Crippen molar-refractivity contribution in [2.24, 2.45) is 10.8 Å². The topological polar surface area (TPSA) is 55.4 Å². The summed E-state index contributed by atoms with van der Waals surface area (Å²) in [6, 6.07) is 0.199. The van der Waals surface area contributed by atoms with Gasteiger partial charge in [-0.25, -0.2) is 0 Å². The van der Waals surface area contributed by atoms with Crippen LogP contribution in [0, 0.1) is 10.8 Å². The van der Waals surface area contributed by atoms with Crippen LogP contribution < -0.4 is 5.32 Å². The van der Waals surface area contributed by atoms with Crippen LogP contribution >= 0.6 is 0 Å². The second kappa shape index (κ2) is 4.67. The van der Waals surface area contributed by atoms with Gasteiger partial charge in [0.1, 0.15) is 0 Å². The molecule has 17 heavy (non-hydrogen) atoms. The molecule has 0 bridgehead atoms. The van der Waals surface area contributed by atoms with Gasteiger partial charge in [0.15, 0.2) is 0 Å². The fourth-order valence-corrected chi connectivity index (χ4v) is 2.24. The van der Waals surface area contributed by atoms with Crippen molar-refractivity contribution in [2.45, 2.75) is 53.5 Å². The van der Waals surface area contributed by atoms with Gasteiger partial charge in [-0.3, -0.25) is 9.59 Å². The van der Waals surface area contributed by atoms with E-state index in [0.29, 0.717) is 6.61 Å². The summed E-state index contributed by atoms with van der Waals surface area (Å²) in [7, 11) is 0. The SMILES string of the molecule is CCOC(=O)CCC(=O)NC1C(C)(C)C1(C)C. The molecule has 0 atom stereocenters. The second-order valence-electron chi connectivity index (χ2n) is 5.75. The highest BCUT2D eigenvalue weighted by atomic mass is 16.5. The molecule has 0 unspecified atom stereocenters. The number of amides is 1. The summed E-state index contributed by atoms with van der Waals surface area (Å²) in [4.78, 5) is 22.8. The zero-order valence-corrected chi connectivity index (χ0v) is 11.4. The molecule has 4 heteroatoms. The molecule has 1 fully saturated rings. The standard InChI is InChI=1S/C13H23NO3/c1-6-17-10(16)8-7-9(15)14-11-12(2,3)13(11,4)5/h11H,6-8H2,1-5H3,(H,14,15). The van der Waals surface area contributed by atoms with E-state index in [-0.39, 0.29) is 41.6 Å². The predicted octanol–water partition coefficient (Wildman–Crippen LogP) is 1.88. The average Bonchev–Trinajstić information content (AvgIpc) is 2.58. The molecule has 1 N–H and O–H groups in total. The first-order valence-electron chi connectivity index (χ1n) is 6.18. The number of carbonyl (C=O) groups excluding carboxylic acids is 2. The largest absolute Gasteiger partial charge is 0.466 e. The molecule has 0 aromatic heterocycles. The summed E-state index contributed by atoms with van der Waals surface area (Å²) >= 11 is 0. The zero-order valence-electron chi connectivity index (χ0n) is 11.4. The van der Waals surface area contributed by atoms with Gasteiger partial charge >= 0.3 is 5.97 Å². The lowest BCUT2D eigenvalue weighted by atomic mass is 10.0. The normalized spacial score (nSPS) is 20.8. The Balaban J connectivity index is 2.31. The van der Waals surface area contributed by atoms with E-state index >= 15 is 0 Å². The highest BCUT2D eigenvalue weighted by molar-refractivity contribution is 5.82. The van der Waals surface area contributed by atoms with E-state index in [0.717, 1.165) is 0 Å². The molecule has 0 radical (unpaired) electrons. The Morgan fingerprint density at radius 3 is 2.06 bits per heavy atom. The predicted molar refractivity (Wildman–Crippen MR) is 65.4 cm³/mol. The van der Waals surface area contributed by atoms with Gasteiger partial charge in [0.05, 0.1) is 13.0 Å². The van der Waals surface area contributed by atoms with E-state index < -0.39 is 0 Å². The van der Waals surface area contributed by atoms with E-state index in [1.807, 2.05) is 0 Å². The number of hydrogen-bond donors (Lipinski definition) is 1. The zero-order chi connectivity index (χ0) is 13.3. The summed E-state index contributed by atoms with van der Waals surface area (Å²) < 4.78 is 4.78. The summed E-state index contributed by atoms with van der Waals surface area (Å²) in [5, 5.41) is 2.99. The monoisotopic (exact) mass is 241 g/mol. The Kier molecular flexibility index (Phi) is 3.84. The lowest BCUT2D eigenvalue weighted by molar-refractivity contribution is -0.144. The first kappa shape index (κ1) is 14.0. The third kappa shape index (κ3) is 2.79. The van der Waals surface area contributed by atoms with Crippen LogP contribution in [0.25, 0.3) is 0 Å². The molecule has 0 saturated heterocycles. The first-order chi connectivity index (χ1) is 7.73. The van der Waals surface area contributed by atoms with Gasteiger partial charge in [0, 0.05) is 12.5 Å². The summed E-state index contributed by atoms with van der Waals surface area (Å²) in [5.74, 6) is -0.376. The van der Waals surface area contributed by atoms with Crippen molar-refractivity contribution in [3.8, 4) is 0 Å². The van der Waals surface area contributed by atoms with Crippen LogP contribution in [-0.4, -0.2) is 24.5 Å². The Bertz CT molecular complexity index is 307. The van der Waals surface area contributed by atoms with Gasteiger partial charge in [-0.2, -0.15) is 0 Å². The molecule has 1 aliphatic carbocycles.